The molecule has 0 aliphatic carbocycles. The molecule has 0 saturated heterocycles. The largest absolute Gasteiger partial charge is 0.493 e. The number of carbonyl (C=O) groups is 1. The molecule has 1 aromatic heterocycles. The first-order valence-corrected chi connectivity index (χ1v) is 6.84. The minimum Gasteiger partial charge on any atom is -0.493 e. The van der Waals surface area contributed by atoms with Gasteiger partial charge < -0.3 is 15.8 Å². The average molecular weight is 285 g/mol. The number of pyridine rings is 1. The van der Waals surface area contributed by atoms with Crippen molar-refractivity contribution in [2.24, 2.45) is 5.73 Å². The van der Waals surface area contributed by atoms with Crippen LogP contribution in [-0.4, -0.2) is 24.0 Å². The molecule has 0 unspecified atom stereocenters. The van der Waals surface area contributed by atoms with Gasteiger partial charge >= 0.3 is 0 Å². The summed E-state index contributed by atoms with van der Waals surface area (Å²) in [7, 11) is 0. The Hall–Kier alpha value is -2.56. The van der Waals surface area contributed by atoms with Crippen molar-refractivity contribution in [2.75, 3.05) is 18.5 Å². The van der Waals surface area contributed by atoms with Crippen molar-refractivity contribution in [1.82, 2.24) is 4.98 Å². The zero-order chi connectivity index (χ0) is 15.1. The third-order valence-electron chi connectivity index (χ3n) is 3.07. The smallest absolute Gasteiger partial charge is 0.252 e. The lowest BCUT2D eigenvalue weighted by Crippen LogP contribution is -2.16. The number of aryl methyl sites for hydroxylation is 1. The fourth-order valence-electron chi connectivity index (χ4n) is 1.94. The van der Waals surface area contributed by atoms with E-state index in [1.165, 1.54) is 6.20 Å². The van der Waals surface area contributed by atoms with Crippen LogP contribution in [-0.2, 0) is 0 Å². The maximum Gasteiger partial charge on any atom is 0.252 e. The number of primary amides is 1. The summed E-state index contributed by atoms with van der Waals surface area (Å²) in [4.78, 5) is 15.1. The highest BCUT2D eigenvalue weighted by Gasteiger charge is 2.06. The summed E-state index contributed by atoms with van der Waals surface area (Å²) < 4.78 is 5.71. The van der Waals surface area contributed by atoms with Gasteiger partial charge in [0.1, 0.15) is 5.75 Å². The Morgan fingerprint density at radius 3 is 2.90 bits per heavy atom. The molecule has 5 nitrogen and oxygen atoms in total. The summed E-state index contributed by atoms with van der Waals surface area (Å²) >= 11 is 0. The molecule has 1 amide bonds. The van der Waals surface area contributed by atoms with E-state index in [2.05, 4.69) is 10.3 Å². The van der Waals surface area contributed by atoms with Crippen molar-refractivity contribution >= 4 is 11.6 Å². The number of rotatable bonds is 7. The fraction of sp³-hybridized carbons (Fsp3) is 0.250. The van der Waals surface area contributed by atoms with Gasteiger partial charge in [-0.25, -0.2) is 0 Å². The molecule has 0 saturated carbocycles. The predicted octanol–water partition coefficient (Wildman–Crippen LogP) is 2.37. The first-order valence-electron chi connectivity index (χ1n) is 6.84. The monoisotopic (exact) mass is 285 g/mol. The Bertz CT molecular complexity index is 614. The van der Waals surface area contributed by atoms with Crippen molar-refractivity contribution in [3.63, 3.8) is 0 Å². The molecule has 1 aromatic carbocycles. The molecule has 5 heteroatoms. The lowest BCUT2D eigenvalue weighted by molar-refractivity contribution is 0.100. The second-order valence-corrected chi connectivity index (χ2v) is 4.68. The fourth-order valence-corrected chi connectivity index (χ4v) is 1.94. The molecule has 21 heavy (non-hydrogen) atoms. The maximum atomic E-state index is 11.3. The normalized spacial score (nSPS) is 10.1. The van der Waals surface area contributed by atoms with Crippen LogP contribution in [0.2, 0.25) is 0 Å². The Morgan fingerprint density at radius 2 is 2.14 bits per heavy atom. The zero-order valence-corrected chi connectivity index (χ0v) is 12.0. The number of hydrogen-bond acceptors (Lipinski definition) is 4. The number of aromatic nitrogens is 1. The van der Waals surface area contributed by atoms with Crippen molar-refractivity contribution in [3.05, 3.63) is 53.9 Å². The molecule has 0 spiro atoms. The number of anilines is 1. The molecule has 110 valence electrons. The third-order valence-corrected chi connectivity index (χ3v) is 3.07. The Labute approximate surface area is 124 Å². The summed E-state index contributed by atoms with van der Waals surface area (Å²) in [6.07, 6.45) is 3.90. The third kappa shape index (κ3) is 4.21. The van der Waals surface area contributed by atoms with Crippen LogP contribution in [0, 0.1) is 6.92 Å². The number of para-hydroxylation sites is 1. The van der Waals surface area contributed by atoms with E-state index in [0.717, 1.165) is 17.7 Å². The predicted molar refractivity (Wildman–Crippen MR) is 82.5 cm³/mol. The summed E-state index contributed by atoms with van der Waals surface area (Å²) in [5.41, 5.74) is 7.52. The molecular formula is C16H19N3O2. The molecule has 1 heterocycles. The van der Waals surface area contributed by atoms with Crippen molar-refractivity contribution < 1.29 is 9.53 Å². The molecule has 0 aliphatic rings. The van der Waals surface area contributed by atoms with Crippen molar-refractivity contribution in [1.29, 1.82) is 0 Å². The minimum absolute atomic E-state index is 0.400. The van der Waals surface area contributed by atoms with Gasteiger partial charge in [-0.1, -0.05) is 18.2 Å². The van der Waals surface area contributed by atoms with E-state index >= 15 is 0 Å². The molecule has 3 N–H and O–H groups in total. The van der Waals surface area contributed by atoms with Crippen LogP contribution >= 0.6 is 0 Å². The lowest BCUT2D eigenvalue weighted by atomic mass is 10.2. The van der Waals surface area contributed by atoms with Gasteiger partial charge in [0.25, 0.3) is 5.91 Å². The van der Waals surface area contributed by atoms with E-state index in [1.807, 2.05) is 31.2 Å². The second kappa shape index (κ2) is 7.28. The van der Waals surface area contributed by atoms with E-state index in [4.69, 9.17) is 10.5 Å². The van der Waals surface area contributed by atoms with Gasteiger partial charge in [0, 0.05) is 18.9 Å². The Balaban J connectivity index is 1.78. The Kier molecular flexibility index (Phi) is 5.15. The number of nitrogens with zero attached hydrogens (tertiary/aromatic N) is 1. The quantitative estimate of drug-likeness (QED) is 0.766. The van der Waals surface area contributed by atoms with Crippen LogP contribution in [0.5, 0.6) is 5.75 Å². The summed E-state index contributed by atoms with van der Waals surface area (Å²) in [6.45, 7) is 3.31. The van der Waals surface area contributed by atoms with E-state index in [1.54, 1.807) is 12.3 Å². The van der Waals surface area contributed by atoms with Crippen molar-refractivity contribution in [3.8, 4) is 5.75 Å². The lowest BCUT2D eigenvalue weighted by Gasteiger charge is -2.11. The van der Waals surface area contributed by atoms with Crippen LogP contribution in [0.15, 0.2) is 42.7 Å². The number of amides is 1. The number of hydrogen-bond donors (Lipinski definition) is 2. The number of ether oxygens (including phenoxy) is 1. The highest BCUT2D eigenvalue weighted by Crippen LogP contribution is 2.16. The van der Waals surface area contributed by atoms with Crippen LogP contribution in [0.1, 0.15) is 22.3 Å². The molecule has 0 atom stereocenters. The van der Waals surface area contributed by atoms with Crippen LogP contribution in [0.4, 0.5) is 5.69 Å². The van der Waals surface area contributed by atoms with Gasteiger partial charge in [0.05, 0.1) is 17.9 Å². The SMILES string of the molecule is Cc1ccccc1OCCCNc1ccncc1C(N)=O. The summed E-state index contributed by atoms with van der Waals surface area (Å²) in [5, 5.41) is 3.17. The van der Waals surface area contributed by atoms with E-state index < -0.39 is 5.91 Å². The second-order valence-electron chi connectivity index (χ2n) is 4.68. The van der Waals surface area contributed by atoms with Crippen LogP contribution in [0.25, 0.3) is 0 Å². The summed E-state index contributed by atoms with van der Waals surface area (Å²) in [6, 6.07) is 9.65. The topological polar surface area (TPSA) is 77.2 Å². The van der Waals surface area contributed by atoms with Gasteiger partial charge in [0.15, 0.2) is 0 Å². The molecule has 0 fully saturated rings. The van der Waals surface area contributed by atoms with Gasteiger partial charge in [0.2, 0.25) is 0 Å². The van der Waals surface area contributed by atoms with Crippen LogP contribution < -0.4 is 15.8 Å². The average Bonchev–Trinajstić information content (AvgIpc) is 2.49. The molecule has 0 bridgehead atoms. The molecule has 0 radical (unpaired) electrons. The highest BCUT2D eigenvalue weighted by atomic mass is 16.5. The van der Waals surface area contributed by atoms with Gasteiger partial charge in [-0.3, -0.25) is 9.78 Å². The number of nitrogens with one attached hydrogen (secondary N) is 1. The number of benzene rings is 1. The first kappa shape index (κ1) is 14.8. The van der Waals surface area contributed by atoms with E-state index in [9.17, 15) is 4.79 Å². The molecule has 0 aliphatic heterocycles. The molecule has 2 aromatic rings. The maximum absolute atomic E-state index is 11.3. The zero-order valence-electron chi connectivity index (χ0n) is 12.0. The van der Waals surface area contributed by atoms with Gasteiger partial charge in [-0.15, -0.1) is 0 Å². The molecular weight excluding hydrogens is 266 g/mol. The number of carbonyl (C=O) groups excluding carboxylic acids is 1. The van der Waals surface area contributed by atoms with Gasteiger partial charge in [-0.05, 0) is 31.0 Å². The Morgan fingerprint density at radius 1 is 1.33 bits per heavy atom. The summed E-state index contributed by atoms with van der Waals surface area (Å²) in [5.74, 6) is 0.418. The number of nitrogens with two attached hydrogens (primary N) is 1. The van der Waals surface area contributed by atoms with Gasteiger partial charge in [-0.2, -0.15) is 0 Å². The first-order chi connectivity index (χ1) is 10.2. The standard InChI is InChI=1S/C16H19N3O2/c1-12-5-2-3-6-15(12)21-10-4-8-19-14-7-9-18-11-13(14)16(17)20/h2-3,5-7,9,11H,4,8,10H2,1H3,(H2,17,20)(H,18,19). The van der Waals surface area contributed by atoms with Crippen LogP contribution in [0.3, 0.4) is 0 Å². The minimum atomic E-state index is -0.484. The van der Waals surface area contributed by atoms with Crippen molar-refractivity contribution in [2.45, 2.75) is 13.3 Å². The van der Waals surface area contributed by atoms with E-state index in [-0.39, 0.29) is 0 Å². The van der Waals surface area contributed by atoms with E-state index in [0.29, 0.717) is 24.4 Å². The molecule has 2 rings (SSSR count). The highest BCUT2D eigenvalue weighted by molar-refractivity contribution is 5.98.